The molecular formula is C24H24F3N3O5S. The Morgan fingerprint density at radius 1 is 1.17 bits per heavy atom. The minimum atomic E-state index is -4.30. The molecule has 0 bridgehead atoms. The van der Waals surface area contributed by atoms with Crippen molar-refractivity contribution in [2.45, 2.75) is 25.6 Å². The second-order valence-corrected chi connectivity index (χ2v) is 8.75. The van der Waals surface area contributed by atoms with Gasteiger partial charge < -0.3 is 15.5 Å². The zero-order valence-corrected chi connectivity index (χ0v) is 19.8. The molecule has 1 aromatic rings. The Bertz CT molecular complexity index is 1070. The van der Waals surface area contributed by atoms with Gasteiger partial charge in [0.15, 0.2) is 0 Å². The van der Waals surface area contributed by atoms with Gasteiger partial charge in [-0.3, -0.25) is 14.7 Å². The molecule has 2 heterocycles. The van der Waals surface area contributed by atoms with Crippen LogP contribution in [0.25, 0.3) is 0 Å². The highest BCUT2D eigenvalue weighted by Gasteiger charge is 2.30. The van der Waals surface area contributed by atoms with Crippen LogP contribution < -0.4 is 5.32 Å². The predicted molar refractivity (Wildman–Crippen MR) is 129 cm³/mol. The van der Waals surface area contributed by atoms with Crippen LogP contribution in [-0.2, 0) is 22.3 Å². The summed E-state index contributed by atoms with van der Waals surface area (Å²) in [5.74, 6) is 0.786. The average molecular weight is 524 g/mol. The van der Waals surface area contributed by atoms with E-state index >= 15 is 0 Å². The van der Waals surface area contributed by atoms with Crippen LogP contribution >= 0.6 is 11.8 Å². The maximum atomic E-state index is 12.6. The zero-order chi connectivity index (χ0) is 26.7. The molecule has 192 valence electrons. The van der Waals surface area contributed by atoms with E-state index in [0.29, 0.717) is 30.5 Å². The first-order valence-corrected chi connectivity index (χ1v) is 11.5. The van der Waals surface area contributed by atoms with E-state index in [9.17, 15) is 27.6 Å². The number of terminal acetylenes is 1. The number of halogens is 3. The van der Waals surface area contributed by atoms with E-state index in [1.807, 2.05) is 0 Å². The number of amides is 1. The lowest BCUT2D eigenvalue weighted by Crippen LogP contribution is -2.32. The van der Waals surface area contributed by atoms with Crippen LogP contribution in [0.15, 0.2) is 52.4 Å². The second kappa shape index (κ2) is 13.5. The van der Waals surface area contributed by atoms with Gasteiger partial charge >= 0.3 is 18.1 Å². The fourth-order valence-corrected chi connectivity index (χ4v) is 4.20. The van der Waals surface area contributed by atoms with Gasteiger partial charge in [-0.15, -0.1) is 6.42 Å². The minimum Gasteiger partial charge on any atom is -0.478 e. The number of amidine groups is 1. The summed E-state index contributed by atoms with van der Waals surface area (Å²) in [6.45, 7) is 2.54. The number of nitrogens with zero attached hydrogens (tertiary/aromatic N) is 2. The number of benzene rings is 1. The molecule has 2 aliphatic rings. The normalized spacial score (nSPS) is 19.1. The Morgan fingerprint density at radius 2 is 1.75 bits per heavy atom. The fraction of sp³-hybridized carbons (Fsp3) is 0.333. The quantitative estimate of drug-likeness (QED) is 0.381. The molecule has 0 unspecified atom stereocenters. The number of aliphatic imine (C=N–C) groups is 1. The van der Waals surface area contributed by atoms with Crippen molar-refractivity contribution >= 4 is 34.8 Å². The van der Waals surface area contributed by atoms with Gasteiger partial charge in [-0.1, -0.05) is 24.1 Å². The number of carbonyl (C=O) groups excluding carboxylic acids is 1. The van der Waals surface area contributed by atoms with Crippen molar-refractivity contribution < 1.29 is 37.8 Å². The first-order valence-electron chi connectivity index (χ1n) is 10.7. The van der Waals surface area contributed by atoms with Crippen LogP contribution in [0.3, 0.4) is 0 Å². The van der Waals surface area contributed by atoms with Gasteiger partial charge in [-0.05, 0) is 61.3 Å². The molecule has 1 aromatic carbocycles. The molecule has 36 heavy (non-hydrogen) atoms. The van der Waals surface area contributed by atoms with E-state index in [-0.39, 0.29) is 11.8 Å². The summed E-state index contributed by atoms with van der Waals surface area (Å²) in [5.41, 5.74) is 0.246. The van der Waals surface area contributed by atoms with E-state index in [1.54, 1.807) is 0 Å². The van der Waals surface area contributed by atoms with Gasteiger partial charge in [0, 0.05) is 18.7 Å². The molecule has 0 saturated carbocycles. The lowest BCUT2D eigenvalue weighted by Gasteiger charge is -2.30. The van der Waals surface area contributed by atoms with Crippen LogP contribution in [0, 0.1) is 18.3 Å². The largest absolute Gasteiger partial charge is 0.478 e. The third-order valence-electron chi connectivity index (χ3n) is 5.06. The molecule has 2 aliphatic heterocycles. The molecule has 8 nitrogen and oxygen atoms in total. The number of alkyl halides is 3. The molecule has 2 fully saturated rings. The van der Waals surface area contributed by atoms with Crippen molar-refractivity contribution in [2.24, 2.45) is 10.9 Å². The van der Waals surface area contributed by atoms with Crippen molar-refractivity contribution in [3.63, 3.8) is 0 Å². The highest BCUT2D eigenvalue weighted by Crippen LogP contribution is 2.31. The third kappa shape index (κ3) is 9.97. The van der Waals surface area contributed by atoms with Crippen LogP contribution in [-0.4, -0.2) is 57.8 Å². The molecule has 0 atom stereocenters. The summed E-state index contributed by atoms with van der Waals surface area (Å²) in [7, 11) is 0. The summed E-state index contributed by atoms with van der Waals surface area (Å²) in [6, 6.07) is 5.34. The number of rotatable bonds is 6. The van der Waals surface area contributed by atoms with Gasteiger partial charge in [0.25, 0.3) is 5.24 Å². The van der Waals surface area contributed by atoms with Gasteiger partial charge in [0.2, 0.25) is 0 Å². The van der Waals surface area contributed by atoms with Crippen molar-refractivity contribution in [2.75, 3.05) is 19.6 Å². The molecule has 1 amide bonds. The number of allylic oxidation sites excluding steroid dienone is 1. The molecule has 0 radical (unpaired) electrons. The number of thioether (sulfide) groups is 1. The van der Waals surface area contributed by atoms with Crippen LogP contribution in [0.1, 0.15) is 24.0 Å². The Labute approximate surface area is 210 Å². The number of likely N-dealkylation sites (tertiary alicyclic amines) is 1. The highest BCUT2D eigenvalue weighted by atomic mass is 32.2. The number of nitrogens with one attached hydrogen (secondary N) is 1. The molecule has 0 aliphatic carbocycles. The standard InChI is InChI=1S/C20H20F3N3OS.C4H4O4/c1-2-9-24-18-17(28-19(27)25-18)12-14-7-10-26(11-8-14)13-15-3-5-16(6-4-15)20(21,22)23;5-3(6)1-2-4(7)8/h1,3-6,12,14H,7-11,13H2,(H,24,25,27);1-2H,(H,5,6)(H,7,8)/b17-12-;2-1+. The molecule has 2 saturated heterocycles. The van der Waals surface area contributed by atoms with Gasteiger partial charge in [0.1, 0.15) is 12.4 Å². The van der Waals surface area contributed by atoms with Crippen molar-refractivity contribution in [3.8, 4) is 12.3 Å². The number of hydrogen-bond donors (Lipinski definition) is 3. The topological polar surface area (TPSA) is 119 Å². The Hall–Kier alpha value is -3.56. The maximum Gasteiger partial charge on any atom is 0.416 e. The number of hydrogen-bond acceptors (Lipinski definition) is 6. The van der Waals surface area contributed by atoms with Crippen molar-refractivity contribution in [1.82, 2.24) is 10.2 Å². The van der Waals surface area contributed by atoms with Crippen LogP contribution in [0.2, 0.25) is 0 Å². The number of carboxylic acid groups (broad SMARTS) is 2. The summed E-state index contributed by atoms with van der Waals surface area (Å²) in [6.07, 6.45) is 5.95. The van der Waals surface area contributed by atoms with Gasteiger partial charge in [-0.25, -0.2) is 9.59 Å². The summed E-state index contributed by atoms with van der Waals surface area (Å²) in [4.78, 5) is 38.0. The highest BCUT2D eigenvalue weighted by molar-refractivity contribution is 8.18. The summed E-state index contributed by atoms with van der Waals surface area (Å²) < 4.78 is 37.9. The smallest absolute Gasteiger partial charge is 0.416 e. The second-order valence-electron chi connectivity index (χ2n) is 7.73. The Balaban J connectivity index is 0.000000493. The lowest BCUT2D eigenvalue weighted by molar-refractivity contribution is -0.137. The SMILES string of the molecule is C#CCN=C1NC(=O)S/C1=C\C1CCN(Cc2ccc(C(F)(F)F)cc2)CC1.O=C(O)/C=C/C(=O)O. The summed E-state index contributed by atoms with van der Waals surface area (Å²) in [5, 5.41) is 18.2. The number of carbonyl (C=O) groups is 3. The van der Waals surface area contributed by atoms with Gasteiger partial charge in [0.05, 0.1) is 10.5 Å². The van der Waals surface area contributed by atoms with E-state index in [0.717, 1.165) is 60.3 Å². The van der Waals surface area contributed by atoms with Crippen molar-refractivity contribution in [3.05, 3.63) is 58.5 Å². The molecule has 0 aromatic heterocycles. The third-order valence-corrected chi connectivity index (χ3v) is 5.90. The first-order chi connectivity index (χ1) is 17.0. The Kier molecular flexibility index (Phi) is 10.8. The average Bonchev–Trinajstić information content (AvgIpc) is 3.16. The van der Waals surface area contributed by atoms with E-state index in [4.69, 9.17) is 16.6 Å². The fourth-order valence-electron chi connectivity index (χ4n) is 3.38. The summed E-state index contributed by atoms with van der Waals surface area (Å²) >= 11 is 1.13. The van der Waals surface area contributed by atoms with Crippen molar-refractivity contribution in [1.29, 1.82) is 0 Å². The lowest BCUT2D eigenvalue weighted by atomic mass is 9.95. The zero-order valence-electron chi connectivity index (χ0n) is 19.0. The minimum absolute atomic E-state index is 0.151. The van der Waals surface area contributed by atoms with E-state index in [1.165, 1.54) is 12.1 Å². The number of aliphatic carboxylic acids is 2. The molecule has 12 heteroatoms. The Morgan fingerprint density at radius 3 is 2.25 bits per heavy atom. The first kappa shape index (κ1) is 28.7. The van der Waals surface area contributed by atoms with Crippen LogP contribution in [0.4, 0.5) is 18.0 Å². The predicted octanol–water partition coefficient (Wildman–Crippen LogP) is 4.00. The number of piperidine rings is 1. The molecule has 0 spiro atoms. The van der Waals surface area contributed by atoms with E-state index in [2.05, 4.69) is 27.2 Å². The van der Waals surface area contributed by atoms with Crippen LogP contribution in [0.5, 0.6) is 0 Å². The maximum absolute atomic E-state index is 12.6. The number of carboxylic acids is 2. The monoisotopic (exact) mass is 523 g/mol. The van der Waals surface area contributed by atoms with E-state index < -0.39 is 23.7 Å². The molecule has 3 rings (SSSR count). The molecular weight excluding hydrogens is 499 g/mol. The molecule has 3 N–H and O–H groups in total. The van der Waals surface area contributed by atoms with Gasteiger partial charge in [-0.2, -0.15) is 13.2 Å².